The van der Waals surface area contributed by atoms with Crippen molar-refractivity contribution < 1.29 is 9.47 Å². The van der Waals surface area contributed by atoms with E-state index in [4.69, 9.17) is 9.47 Å². The van der Waals surface area contributed by atoms with Crippen molar-refractivity contribution >= 4 is 11.8 Å². The van der Waals surface area contributed by atoms with Crippen LogP contribution in [0.3, 0.4) is 0 Å². The van der Waals surface area contributed by atoms with Gasteiger partial charge in [-0.1, -0.05) is 12.1 Å². The van der Waals surface area contributed by atoms with Crippen LogP contribution in [-0.4, -0.2) is 31.8 Å². The standard InChI is InChI=1S/C15H23NO2S/c1-3-18-14-6-4-5-13(15(14)17-2)10-16-9-12-7-8-19-11-12/h4-6,12,16H,3,7-11H2,1-2H3. The summed E-state index contributed by atoms with van der Waals surface area (Å²) < 4.78 is 11.1. The Morgan fingerprint density at radius 2 is 2.32 bits per heavy atom. The maximum atomic E-state index is 5.59. The predicted molar refractivity (Wildman–Crippen MR) is 81.3 cm³/mol. The van der Waals surface area contributed by atoms with E-state index in [0.717, 1.165) is 30.5 Å². The molecule has 1 aliphatic rings. The van der Waals surface area contributed by atoms with Crippen molar-refractivity contribution in [1.29, 1.82) is 0 Å². The van der Waals surface area contributed by atoms with Crippen molar-refractivity contribution in [3.8, 4) is 11.5 Å². The molecule has 19 heavy (non-hydrogen) atoms. The molecule has 0 amide bonds. The third-order valence-electron chi connectivity index (χ3n) is 3.34. The molecule has 1 saturated heterocycles. The molecule has 0 aromatic heterocycles. The SMILES string of the molecule is CCOc1cccc(CNCC2CCSC2)c1OC. The summed E-state index contributed by atoms with van der Waals surface area (Å²) >= 11 is 2.06. The van der Waals surface area contributed by atoms with Crippen molar-refractivity contribution in [2.24, 2.45) is 5.92 Å². The number of methoxy groups -OCH3 is 1. The van der Waals surface area contributed by atoms with Gasteiger partial charge in [-0.3, -0.25) is 0 Å². The highest BCUT2D eigenvalue weighted by Gasteiger charge is 2.15. The Bertz CT molecular complexity index is 392. The number of para-hydroxylation sites is 1. The van der Waals surface area contributed by atoms with Gasteiger partial charge >= 0.3 is 0 Å². The Balaban J connectivity index is 1.92. The minimum atomic E-state index is 0.659. The van der Waals surface area contributed by atoms with E-state index >= 15 is 0 Å². The van der Waals surface area contributed by atoms with Gasteiger partial charge in [-0.2, -0.15) is 11.8 Å². The molecule has 1 unspecified atom stereocenters. The summed E-state index contributed by atoms with van der Waals surface area (Å²) in [5.74, 6) is 5.13. The molecule has 1 heterocycles. The van der Waals surface area contributed by atoms with E-state index in [1.165, 1.54) is 23.5 Å². The molecule has 0 saturated carbocycles. The molecule has 4 heteroatoms. The van der Waals surface area contributed by atoms with Crippen molar-refractivity contribution in [3.05, 3.63) is 23.8 Å². The molecule has 1 aromatic carbocycles. The summed E-state index contributed by atoms with van der Waals surface area (Å²) in [7, 11) is 1.70. The lowest BCUT2D eigenvalue weighted by Gasteiger charge is -2.15. The van der Waals surface area contributed by atoms with E-state index in [2.05, 4.69) is 23.1 Å². The number of benzene rings is 1. The quantitative estimate of drug-likeness (QED) is 0.832. The molecular formula is C15H23NO2S. The molecule has 0 spiro atoms. The van der Waals surface area contributed by atoms with Gasteiger partial charge in [-0.05, 0) is 43.4 Å². The van der Waals surface area contributed by atoms with Crippen LogP contribution < -0.4 is 14.8 Å². The third kappa shape index (κ3) is 4.05. The van der Waals surface area contributed by atoms with Crippen LogP contribution in [0.4, 0.5) is 0 Å². The van der Waals surface area contributed by atoms with E-state index in [0.29, 0.717) is 6.61 Å². The highest BCUT2D eigenvalue weighted by atomic mass is 32.2. The number of ether oxygens (including phenoxy) is 2. The van der Waals surface area contributed by atoms with Crippen LogP contribution in [0.5, 0.6) is 11.5 Å². The van der Waals surface area contributed by atoms with Gasteiger partial charge in [0.2, 0.25) is 0 Å². The fourth-order valence-electron chi connectivity index (χ4n) is 2.36. The Hall–Kier alpha value is -0.870. The minimum absolute atomic E-state index is 0.659. The topological polar surface area (TPSA) is 30.5 Å². The zero-order valence-electron chi connectivity index (χ0n) is 11.8. The van der Waals surface area contributed by atoms with Crippen LogP contribution in [0.15, 0.2) is 18.2 Å². The molecule has 1 aromatic rings. The molecule has 0 aliphatic carbocycles. The van der Waals surface area contributed by atoms with Crippen LogP contribution >= 0.6 is 11.8 Å². The molecule has 1 aliphatic heterocycles. The summed E-state index contributed by atoms with van der Waals surface area (Å²) in [5, 5.41) is 3.54. The van der Waals surface area contributed by atoms with Crippen molar-refractivity contribution in [3.63, 3.8) is 0 Å². The predicted octanol–water partition coefficient (Wildman–Crippen LogP) is 2.94. The second-order valence-corrected chi connectivity index (χ2v) is 5.89. The average Bonchev–Trinajstić information content (AvgIpc) is 2.93. The second kappa shape index (κ2) is 7.65. The minimum Gasteiger partial charge on any atom is -0.493 e. The summed E-state index contributed by atoms with van der Waals surface area (Å²) in [6.07, 6.45) is 1.34. The zero-order chi connectivity index (χ0) is 13.5. The average molecular weight is 281 g/mol. The maximum Gasteiger partial charge on any atom is 0.165 e. The fourth-order valence-corrected chi connectivity index (χ4v) is 3.64. The first kappa shape index (κ1) is 14.5. The molecule has 3 nitrogen and oxygen atoms in total. The highest BCUT2D eigenvalue weighted by molar-refractivity contribution is 7.99. The number of thioether (sulfide) groups is 1. The Kier molecular flexibility index (Phi) is 5.86. The van der Waals surface area contributed by atoms with Crippen molar-refractivity contribution in [1.82, 2.24) is 5.32 Å². The van der Waals surface area contributed by atoms with Crippen molar-refractivity contribution in [2.45, 2.75) is 19.9 Å². The van der Waals surface area contributed by atoms with E-state index in [1.807, 2.05) is 19.1 Å². The lowest BCUT2D eigenvalue weighted by Crippen LogP contribution is -2.22. The first-order valence-corrected chi connectivity index (χ1v) is 8.07. The van der Waals surface area contributed by atoms with Gasteiger partial charge in [0.15, 0.2) is 11.5 Å². The monoisotopic (exact) mass is 281 g/mol. The molecule has 1 atom stereocenters. The van der Waals surface area contributed by atoms with Crippen LogP contribution in [0, 0.1) is 5.92 Å². The van der Waals surface area contributed by atoms with E-state index in [-0.39, 0.29) is 0 Å². The van der Waals surface area contributed by atoms with Crippen LogP contribution in [0.1, 0.15) is 18.9 Å². The van der Waals surface area contributed by atoms with Gasteiger partial charge in [0, 0.05) is 12.1 Å². The maximum absolute atomic E-state index is 5.59. The second-order valence-electron chi connectivity index (χ2n) is 4.74. The summed E-state index contributed by atoms with van der Waals surface area (Å²) in [5.41, 5.74) is 1.17. The largest absolute Gasteiger partial charge is 0.493 e. The molecule has 0 radical (unpaired) electrons. The lowest BCUT2D eigenvalue weighted by atomic mass is 10.1. The molecule has 0 bridgehead atoms. The number of hydrogen-bond acceptors (Lipinski definition) is 4. The van der Waals surface area contributed by atoms with Crippen LogP contribution in [-0.2, 0) is 6.54 Å². The Morgan fingerprint density at radius 3 is 3.00 bits per heavy atom. The molecular weight excluding hydrogens is 258 g/mol. The van der Waals surface area contributed by atoms with E-state index in [9.17, 15) is 0 Å². The van der Waals surface area contributed by atoms with E-state index < -0.39 is 0 Å². The number of hydrogen-bond donors (Lipinski definition) is 1. The van der Waals surface area contributed by atoms with Crippen molar-refractivity contribution in [2.75, 3.05) is 31.8 Å². The van der Waals surface area contributed by atoms with Crippen LogP contribution in [0.2, 0.25) is 0 Å². The first-order valence-electron chi connectivity index (χ1n) is 6.92. The van der Waals surface area contributed by atoms with Crippen LogP contribution in [0.25, 0.3) is 0 Å². The van der Waals surface area contributed by atoms with E-state index in [1.54, 1.807) is 7.11 Å². The lowest BCUT2D eigenvalue weighted by molar-refractivity contribution is 0.308. The summed E-state index contributed by atoms with van der Waals surface area (Å²) in [6.45, 7) is 4.58. The first-order chi connectivity index (χ1) is 9.35. The van der Waals surface area contributed by atoms with Gasteiger partial charge in [-0.15, -0.1) is 0 Å². The zero-order valence-corrected chi connectivity index (χ0v) is 12.6. The summed E-state index contributed by atoms with van der Waals surface area (Å²) in [6, 6.07) is 6.08. The molecule has 2 rings (SSSR count). The molecule has 106 valence electrons. The number of nitrogens with one attached hydrogen (secondary N) is 1. The van der Waals surface area contributed by atoms with Gasteiger partial charge in [0.1, 0.15) is 0 Å². The highest BCUT2D eigenvalue weighted by Crippen LogP contribution is 2.31. The Labute approximate surface area is 120 Å². The van der Waals surface area contributed by atoms with Gasteiger partial charge in [0.05, 0.1) is 13.7 Å². The smallest absolute Gasteiger partial charge is 0.165 e. The number of rotatable bonds is 7. The normalized spacial score (nSPS) is 18.5. The fraction of sp³-hybridized carbons (Fsp3) is 0.600. The third-order valence-corrected chi connectivity index (χ3v) is 4.57. The molecule has 1 N–H and O–H groups in total. The van der Waals surface area contributed by atoms with Gasteiger partial charge < -0.3 is 14.8 Å². The van der Waals surface area contributed by atoms with Gasteiger partial charge in [0.25, 0.3) is 0 Å². The van der Waals surface area contributed by atoms with Gasteiger partial charge in [-0.25, -0.2) is 0 Å². The summed E-state index contributed by atoms with van der Waals surface area (Å²) in [4.78, 5) is 0. The Morgan fingerprint density at radius 1 is 1.42 bits per heavy atom. The molecule has 1 fully saturated rings.